The number of fused-ring (bicyclic) bond motifs is 5. The lowest BCUT2D eigenvalue weighted by Crippen LogP contribution is -2.57. The number of hydrogen-bond acceptors (Lipinski definition) is 3. The van der Waals surface area contributed by atoms with Crippen LogP contribution in [0.5, 0.6) is 0 Å². The summed E-state index contributed by atoms with van der Waals surface area (Å²) < 4.78 is 5.62. The minimum atomic E-state index is -0.926. The second-order valence-electron chi connectivity index (χ2n) is 13.4. The first-order valence-corrected chi connectivity index (χ1v) is 13.4. The van der Waals surface area contributed by atoms with Gasteiger partial charge in [-0.25, -0.2) is 4.79 Å². The summed E-state index contributed by atoms with van der Waals surface area (Å²) in [7, 11) is 0. The molecule has 0 aromatic carbocycles. The van der Waals surface area contributed by atoms with Gasteiger partial charge in [-0.15, -0.1) is 0 Å². The maximum absolute atomic E-state index is 12.8. The topological polar surface area (TPSA) is 67.5 Å². The molecule has 1 heterocycles. The lowest BCUT2D eigenvalue weighted by Gasteiger charge is -2.63. The highest BCUT2D eigenvalue weighted by atomic mass is 16.4. The average Bonchev–Trinajstić information content (AvgIpc) is 3.33. The van der Waals surface area contributed by atoms with Crippen LogP contribution in [0.2, 0.25) is 0 Å². The highest BCUT2D eigenvalue weighted by molar-refractivity contribution is 5.87. The van der Waals surface area contributed by atoms with E-state index in [0.29, 0.717) is 29.5 Å². The summed E-state index contributed by atoms with van der Waals surface area (Å²) in [5, 5.41) is 9.25. The number of allylic oxidation sites excluding steroid dienone is 2. The van der Waals surface area contributed by atoms with E-state index in [-0.39, 0.29) is 27.2 Å². The van der Waals surface area contributed by atoms with Crippen LogP contribution >= 0.6 is 0 Å². The molecule has 0 radical (unpaired) electrons. The minimum Gasteiger partial charge on any atom is -0.478 e. The van der Waals surface area contributed by atoms with Crippen molar-refractivity contribution in [2.75, 3.05) is 0 Å². The molecule has 186 valence electrons. The van der Waals surface area contributed by atoms with Gasteiger partial charge in [0.15, 0.2) is 0 Å². The molecular formula is C30H42O4. The van der Waals surface area contributed by atoms with Gasteiger partial charge in [0.2, 0.25) is 0 Å². The van der Waals surface area contributed by atoms with Crippen molar-refractivity contribution < 1.29 is 19.1 Å². The number of rotatable bonds is 4. The van der Waals surface area contributed by atoms with Crippen LogP contribution in [-0.2, 0) is 11.2 Å². The molecule has 1 N–H and O–H groups in total. The van der Waals surface area contributed by atoms with Crippen LogP contribution < -0.4 is 0 Å². The van der Waals surface area contributed by atoms with E-state index in [0.717, 1.165) is 31.4 Å². The summed E-state index contributed by atoms with van der Waals surface area (Å²) >= 11 is 0. The number of carboxylic acids is 1. The van der Waals surface area contributed by atoms with Crippen molar-refractivity contribution in [2.24, 2.45) is 45.3 Å². The van der Waals surface area contributed by atoms with Crippen molar-refractivity contribution in [3.05, 3.63) is 35.3 Å². The van der Waals surface area contributed by atoms with E-state index in [9.17, 15) is 14.7 Å². The normalized spacial score (nSPS) is 41.8. The van der Waals surface area contributed by atoms with E-state index in [1.165, 1.54) is 31.9 Å². The van der Waals surface area contributed by atoms with Gasteiger partial charge in [-0.1, -0.05) is 53.2 Å². The molecule has 7 atom stereocenters. The van der Waals surface area contributed by atoms with E-state index < -0.39 is 5.97 Å². The van der Waals surface area contributed by atoms with Crippen molar-refractivity contribution in [3.63, 3.8) is 0 Å². The zero-order valence-corrected chi connectivity index (χ0v) is 21.9. The monoisotopic (exact) mass is 466 g/mol. The summed E-state index contributed by atoms with van der Waals surface area (Å²) in [4.78, 5) is 24.1. The molecule has 4 aliphatic rings. The van der Waals surface area contributed by atoms with Gasteiger partial charge in [0, 0.05) is 18.3 Å². The van der Waals surface area contributed by atoms with E-state index in [2.05, 4.69) is 47.6 Å². The van der Waals surface area contributed by atoms with Crippen LogP contribution in [0.25, 0.3) is 0 Å². The maximum atomic E-state index is 12.8. The zero-order valence-electron chi connectivity index (χ0n) is 21.9. The van der Waals surface area contributed by atoms with Crippen LogP contribution in [0.15, 0.2) is 28.4 Å². The van der Waals surface area contributed by atoms with Crippen LogP contribution in [0.4, 0.5) is 0 Å². The Bertz CT molecular complexity index is 1050. The van der Waals surface area contributed by atoms with Crippen molar-refractivity contribution >= 4 is 11.8 Å². The third-order valence-corrected chi connectivity index (χ3v) is 11.8. The fourth-order valence-electron chi connectivity index (χ4n) is 9.53. The summed E-state index contributed by atoms with van der Waals surface area (Å²) in [6.45, 7) is 14.3. The third-order valence-electron chi connectivity index (χ3n) is 11.8. The molecule has 1 aromatic rings. The zero-order chi connectivity index (χ0) is 24.7. The van der Waals surface area contributed by atoms with Crippen LogP contribution in [-0.4, -0.2) is 16.9 Å². The highest BCUT2D eigenvalue weighted by Gasteiger charge is 2.65. The van der Waals surface area contributed by atoms with Gasteiger partial charge in [0.05, 0.1) is 5.56 Å². The molecule has 0 amide bonds. The van der Waals surface area contributed by atoms with Gasteiger partial charge in [0.1, 0.15) is 17.8 Å². The molecule has 4 nitrogen and oxygen atoms in total. The Morgan fingerprint density at radius 1 is 1.15 bits per heavy atom. The molecular weight excluding hydrogens is 424 g/mol. The second kappa shape index (κ2) is 7.58. The van der Waals surface area contributed by atoms with Gasteiger partial charge in [-0.2, -0.15) is 0 Å². The smallest absolute Gasteiger partial charge is 0.338 e. The second-order valence-corrected chi connectivity index (χ2v) is 13.4. The molecule has 0 spiro atoms. The Morgan fingerprint density at radius 3 is 2.56 bits per heavy atom. The number of carbonyl (C=O) groups is 2. The number of furan rings is 1. The molecule has 0 saturated heterocycles. The van der Waals surface area contributed by atoms with Crippen LogP contribution in [0, 0.1) is 45.3 Å². The van der Waals surface area contributed by atoms with Gasteiger partial charge in [0.25, 0.3) is 0 Å². The van der Waals surface area contributed by atoms with E-state index in [4.69, 9.17) is 4.42 Å². The Labute approximate surface area is 204 Å². The number of ketones is 1. The van der Waals surface area contributed by atoms with Gasteiger partial charge in [-0.3, -0.25) is 4.79 Å². The molecule has 1 aromatic heterocycles. The van der Waals surface area contributed by atoms with Crippen molar-refractivity contribution in [1.29, 1.82) is 0 Å². The molecule has 7 unspecified atom stereocenters. The highest BCUT2D eigenvalue weighted by Crippen LogP contribution is 2.73. The fourth-order valence-corrected chi connectivity index (χ4v) is 9.53. The lowest BCUT2D eigenvalue weighted by atomic mass is 9.41. The standard InChI is InChI=1S/C30H42O4/c1-18(15-20-16-19(17-34-20)26(32)33)21-9-13-30(6)23-7-8-24-27(2,3)25(31)11-12-28(24,4)22(23)10-14-29(21,30)5/h7,16-18,21-22,24H,8-15H2,1-6H3,(H,32,33). The molecule has 3 saturated carbocycles. The fraction of sp³-hybridized carbons (Fsp3) is 0.733. The Kier molecular flexibility index (Phi) is 5.32. The maximum Gasteiger partial charge on any atom is 0.338 e. The lowest BCUT2D eigenvalue weighted by molar-refractivity contribution is -0.146. The summed E-state index contributed by atoms with van der Waals surface area (Å²) in [6, 6.07) is 1.70. The van der Waals surface area contributed by atoms with E-state index >= 15 is 0 Å². The summed E-state index contributed by atoms with van der Waals surface area (Å²) in [5.41, 5.74) is 2.38. The number of Topliss-reactive ketones (excluding diaryl/α,β-unsaturated/α-hetero) is 1. The van der Waals surface area contributed by atoms with Crippen molar-refractivity contribution in [3.8, 4) is 0 Å². The minimum absolute atomic E-state index is 0.198. The van der Waals surface area contributed by atoms with Gasteiger partial charge in [-0.05, 0) is 84.5 Å². The first-order chi connectivity index (χ1) is 15.8. The Morgan fingerprint density at radius 2 is 1.88 bits per heavy atom. The molecule has 4 heteroatoms. The van der Waals surface area contributed by atoms with Gasteiger partial charge >= 0.3 is 5.97 Å². The predicted molar refractivity (Wildman–Crippen MR) is 133 cm³/mol. The predicted octanol–water partition coefficient (Wildman–Crippen LogP) is 7.33. The van der Waals surface area contributed by atoms with Crippen molar-refractivity contribution in [1.82, 2.24) is 0 Å². The SMILES string of the molecule is CC(Cc1cc(C(=O)O)co1)C1CCC2(C)C3=CCC4C(C)(C)C(=O)CCC4(C)C3CCC12C. The molecule has 4 aliphatic carbocycles. The van der Waals surface area contributed by atoms with Crippen molar-refractivity contribution in [2.45, 2.75) is 92.9 Å². The van der Waals surface area contributed by atoms with E-state index in [1.807, 2.05) is 0 Å². The van der Waals surface area contributed by atoms with Crippen LogP contribution in [0.3, 0.4) is 0 Å². The first-order valence-electron chi connectivity index (χ1n) is 13.4. The molecule has 34 heavy (non-hydrogen) atoms. The molecule has 5 rings (SSSR count). The summed E-state index contributed by atoms with van der Waals surface area (Å²) in [6.07, 6.45) is 12.5. The van der Waals surface area contributed by atoms with Gasteiger partial charge < -0.3 is 9.52 Å². The molecule has 0 aliphatic heterocycles. The first kappa shape index (κ1) is 23.9. The number of carbonyl (C=O) groups excluding carboxylic acids is 1. The third kappa shape index (κ3) is 3.09. The Hall–Kier alpha value is -1.84. The Balaban J connectivity index is 1.43. The number of aromatic carboxylic acids is 1. The summed E-state index contributed by atoms with van der Waals surface area (Å²) in [5.74, 6) is 2.39. The number of carboxylic acid groups (broad SMARTS) is 1. The van der Waals surface area contributed by atoms with E-state index in [1.54, 1.807) is 11.6 Å². The molecule has 0 bridgehead atoms. The van der Waals surface area contributed by atoms with Crippen LogP contribution in [0.1, 0.15) is 103 Å². The largest absolute Gasteiger partial charge is 0.478 e. The molecule has 3 fully saturated rings. The average molecular weight is 467 g/mol. The quantitative estimate of drug-likeness (QED) is 0.472. The number of hydrogen-bond donors (Lipinski definition) is 1.